The van der Waals surface area contributed by atoms with E-state index in [4.69, 9.17) is 0 Å². The normalized spacial score (nSPS) is 12.3. The van der Waals surface area contributed by atoms with Crippen LogP contribution in [0.1, 0.15) is 17.0 Å². The SMILES string of the molecule is Cc1cc(NCCN(C)S(C)(=O)=O)n2nc(C)c(C)c2n1. The summed E-state index contributed by atoms with van der Waals surface area (Å²) in [5, 5.41) is 7.69. The largest absolute Gasteiger partial charge is 0.369 e. The number of nitrogens with zero attached hydrogens (tertiary/aromatic N) is 4. The minimum absolute atomic E-state index is 0.390. The standard InChI is InChI=1S/C13H21N5O2S/c1-9-8-12(14-6-7-17(4)21(5,19)20)18-13(15-9)10(2)11(3)16-18/h8,14H,6-7H2,1-5H3. The maximum Gasteiger partial charge on any atom is 0.211 e. The molecule has 116 valence electrons. The molecule has 0 aliphatic carbocycles. The van der Waals surface area contributed by atoms with Crippen LogP contribution in [0.15, 0.2) is 6.07 Å². The molecule has 0 saturated carbocycles. The van der Waals surface area contributed by atoms with Crippen molar-refractivity contribution in [3.8, 4) is 0 Å². The molecule has 0 saturated heterocycles. The smallest absolute Gasteiger partial charge is 0.211 e. The minimum atomic E-state index is -3.15. The topological polar surface area (TPSA) is 79.6 Å². The van der Waals surface area contributed by atoms with Crippen molar-refractivity contribution in [3.05, 3.63) is 23.0 Å². The number of aromatic nitrogens is 3. The molecule has 0 bridgehead atoms. The van der Waals surface area contributed by atoms with E-state index in [1.807, 2.05) is 26.8 Å². The average Bonchev–Trinajstić information content (AvgIpc) is 2.65. The second-order valence-electron chi connectivity index (χ2n) is 5.24. The molecule has 0 fully saturated rings. The number of aryl methyl sites for hydroxylation is 3. The van der Waals surface area contributed by atoms with Gasteiger partial charge >= 0.3 is 0 Å². The third-order valence-corrected chi connectivity index (χ3v) is 4.80. The van der Waals surface area contributed by atoms with Crippen molar-refractivity contribution in [2.45, 2.75) is 20.8 Å². The lowest BCUT2D eigenvalue weighted by molar-refractivity contribution is 0.486. The van der Waals surface area contributed by atoms with Gasteiger partial charge in [-0.15, -0.1) is 0 Å². The highest BCUT2D eigenvalue weighted by molar-refractivity contribution is 7.88. The Morgan fingerprint density at radius 3 is 2.62 bits per heavy atom. The first-order chi connectivity index (χ1) is 9.70. The van der Waals surface area contributed by atoms with E-state index in [9.17, 15) is 8.42 Å². The molecule has 0 spiro atoms. The van der Waals surface area contributed by atoms with Crippen LogP contribution in [0.5, 0.6) is 0 Å². The Labute approximate surface area is 125 Å². The van der Waals surface area contributed by atoms with Gasteiger partial charge in [0.05, 0.1) is 11.9 Å². The lowest BCUT2D eigenvalue weighted by atomic mass is 10.3. The van der Waals surface area contributed by atoms with Gasteiger partial charge in [-0.3, -0.25) is 0 Å². The minimum Gasteiger partial charge on any atom is -0.369 e. The van der Waals surface area contributed by atoms with Gasteiger partial charge < -0.3 is 5.32 Å². The number of sulfonamides is 1. The van der Waals surface area contributed by atoms with Gasteiger partial charge in [-0.1, -0.05) is 0 Å². The molecule has 0 aliphatic heterocycles. The molecule has 0 aliphatic rings. The van der Waals surface area contributed by atoms with Crippen LogP contribution in [-0.2, 0) is 10.0 Å². The van der Waals surface area contributed by atoms with E-state index in [1.54, 1.807) is 11.6 Å². The zero-order chi connectivity index (χ0) is 15.8. The summed E-state index contributed by atoms with van der Waals surface area (Å²) in [4.78, 5) is 4.49. The highest BCUT2D eigenvalue weighted by atomic mass is 32.2. The van der Waals surface area contributed by atoms with Crippen LogP contribution in [-0.4, -0.2) is 53.7 Å². The van der Waals surface area contributed by atoms with Crippen LogP contribution in [0.3, 0.4) is 0 Å². The van der Waals surface area contributed by atoms with Crippen molar-refractivity contribution >= 4 is 21.5 Å². The molecule has 7 nitrogen and oxygen atoms in total. The number of rotatable bonds is 5. The lowest BCUT2D eigenvalue weighted by Crippen LogP contribution is -2.30. The third-order valence-electron chi connectivity index (χ3n) is 3.48. The summed E-state index contributed by atoms with van der Waals surface area (Å²) in [5.74, 6) is 0.815. The maximum absolute atomic E-state index is 11.4. The van der Waals surface area contributed by atoms with Crippen molar-refractivity contribution < 1.29 is 8.42 Å². The van der Waals surface area contributed by atoms with Gasteiger partial charge in [0, 0.05) is 37.5 Å². The molecule has 2 aromatic heterocycles. The predicted molar refractivity (Wildman–Crippen MR) is 83.2 cm³/mol. The van der Waals surface area contributed by atoms with E-state index in [0.717, 1.165) is 28.4 Å². The van der Waals surface area contributed by atoms with Gasteiger partial charge in [0.2, 0.25) is 10.0 Å². The molecular formula is C13H21N5O2S. The van der Waals surface area contributed by atoms with Crippen LogP contribution in [0, 0.1) is 20.8 Å². The summed E-state index contributed by atoms with van der Waals surface area (Å²) in [7, 11) is -1.59. The van der Waals surface area contributed by atoms with E-state index in [1.165, 1.54) is 10.6 Å². The van der Waals surface area contributed by atoms with Crippen molar-refractivity contribution in [1.29, 1.82) is 0 Å². The molecule has 0 aromatic carbocycles. The fourth-order valence-corrected chi connectivity index (χ4v) is 2.41. The second kappa shape index (κ2) is 5.61. The first-order valence-corrected chi connectivity index (χ1v) is 8.53. The summed E-state index contributed by atoms with van der Waals surface area (Å²) in [6.07, 6.45) is 1.20. The van der Waals surface area contributed by atoms with Crippen molar-refractivity contribution in [1.82, 2.24) is 18.9 Å². The predicted octanol–water partition coefficient (Wildman–Crippen LogP) is 0.958. The summed E-state index contributed by atoms with van der Waals surface area (Å²) < 4.78 is 25.8. The van der Waals surface area contributed by atoms with Crippen molar-refractivity contribution in [2.24, 2.45) is 0 Å². The van der Waals surface area contributed by atoms with E-state index in [-0.39, 0.29) is 0 Å². The Kier molecular flexibility index (Phi) is 4.20. The Hall–Kier alpha value is -1.67. The molecule has 0 amide bonds. The number of likely N-dealkylation sites (N-methyl/N-ethyl adjacent to an activating group) is 1. The van der Waals surface area contributed by atoms with Gasteiger partial charge in [-0.2, -0.15) is 9.61 Å². The number of anilines is 1. The van der Waals surface area contributed by atoms with E-state index in [2.05, 4.69) is 15.4 Å². The Morgan fingerprint density at radius 1 is 1.33 bits per heavy atom. The van der Waals surface area contributed by atoms with Gasteiger partial charge in [0.1, 0.15) is 5.82 Å². The van der Waals surface area contributed by atoms with E-state index >= 15 is 0 Å². The van der Waals surface area contributed by atoms with Gasteiger partial charge in [-0.05, 0) is 20.8 Å². The fourth-order valence-electron chi connectivity index (χ4n) is 1.98. The number of fused-ring (bicyclic) bond motifs is 1. The third kappa shape index (κ3) is 3.33. The molecule has 8 heteroatoms. The summed E-state index contributed by atoms with van der Waals surface area (Å²) >= 11 is 0. The number of nitrogens with one attached hydrogen (secondary N) is 1. The van der Waals surface area contributed by atoms with Gasteiger partial charge in [0.15, 0.2) is 5.65 Å². The molecule has 0 atom stereocenters. The Bertz CT molecular complexity index is 766. The average molecular weight is 311 g/mol. The Morgan fingerprint density at radius 2 is 2.00 bits per heavy atom. The lowest BCUT2D eigenvalue weighted by Gasteiger charge is -2.15. The quantitative estimate of drug-likeness (QED) is 0.889. The molecule has 2 aromatic rings. The number of hydrogen-bond donors (Lipinski definition) is 1. The summed E-state index contributed by atoms with van der Waals surface area (Å²) in [6, 6.07) is 1.90. The highest BCUT2D eigenvalue weighted by Gasteiger charge is 2.12. The maximum atomic E-state index is 11.4. The molecule has 0 unspecified atom stereocenters. The van der Waals surface area contributed by atoms with E-state index < -0.39 is 10.0 Å². The van der Waals surface area contributed by atoms with Crippen LogP contribution in [0.4, 0.5) is 5.82 Å². The molecule has 2 rings (SSSR count). The van der Waals surface area contributed by atoms with Crippen LogP contribution in [0.2, 0.25) is 0 Å². The summed E-state index contributed by atoms with van der Waals surface area (Å²) in [6.45, 7) is 6.75. The Balaban J connectivity index is 2.21. The molecule has 1 N–H and O–H groups in total. The van der Waals surface area contributed by atoms with Crippen molar-refractivity contribution in [2.75, 3.05) is 31.7 Å². The van der Waals surface area contributed by atoms with Gasteiger partial charge in [0.25, 0.3) is 0 Å². The first-order valence-electron chi connectivity index (χ1n) is 6.69. The van der Waals surface area contributed by atoms with Gasteiger partial charge in [-0.25, -0.2) is 17.7 Å². The zero-order valence-corrected chi connectivity index (χ0v) is 13.8. The monoisotopic (exact) mass is 311 g/mol. The van der Waals surface area contributed by atoms with Crippen LogP contribution >= 0.6 is 0 Å². The first kappa shape index (κ1) is 15.7. The molecular weight excluding hydrogens is 290 g/mol. The van der Waals surface area contributed by atoms with Crippen LogP contribution < -0.4 is 5.32 Å². The zero-order valence-electron chi connectivity index (χ0n) is 13.0. The highest BCUT2D eigenvalue weighted by Crippen LogP contribution is 2.17. The van der Waals surface area contributed by atoms with E-state index in [0.29, 0.717) is 13.1 Å². The van der Waals surface area contributed by atoms with Crippen molar-refractivity contribution in [3.63, 3.8) is 0 Å². The van der Waals surface area contributed by atoms with Crippen LogP contribution in [0.25, 0.3) is 5.65 Å². The molecule has 2 heterocycles. The summed E-state index contributed by atoms with van der Waals surface area (Å²) in [5.41, 5.74) is 3.70. The molecule has 21 heavy (non-hydrogen) atoms. The molecule has 0 radical (unpaired) electrons. The fraction of sp³-hybridized carbons (Fsp3) is 0.538. The number of hydrogen-bond acceptors (Lipinski definition) is 5. The second-order valence-corrected chi connectivity index (χ2v) is 7.33.